The fourth-order valence-electron chi connectivity index (χ4n) is 4.68. The van der Waals surface area contributed by atoms with E-state index in [0.29, 0.717) is 38.1 Å². The number of benzene rings is 2. The Morgan fingerprint density at radius 2 is 1.47 bits per heavy atom. The highest BCUT2D eigenvalue weighted by atomic mass is 32.2. The van der Waals surface area contributed by atoms with Gasteiger partial charge in [0, 0.05) is 30.9 Å². The number of anilines is 1. The smallest absolute Gasteiger partial charge is 0.325 e. The van der Waals surface area contributed by atoms with E-state index in [1.165, 1.54) is 0 Å². The lowest BCUT2D eigenvalue weighted by molar-refractivity contribution is -0.143. The van der Waals surface area contributed by atoms with E-state index in [1.807, 2.05) is 13.0 Å². The zero-order valence-electron chi connectivity index (χ0n) is 20.4. The third kappa shape index (κ3) is 6.67. The maximum Gasteiger partial charge on any atom is 0.416 e. The molecule has 1 aliphatic heterocycles. The first-order valence-corrected chi connectivity index (χ1v) is 13.5. The number of nitrogens with zero attached hydrogens (tertiary/aromatic N) is 2. The summed E-state index contributed by atoms with van der Waals surface area (Å²) >= 11 is 0. The Kier molecular flexibility index (Phi) is 7.84. The minimum absolute atomic E-state index is 0.00312. The Labute approximate surface area is 216 Å². The number of likely N-dealkylation sites (tertiary alicyclic amines) is 1. The molecule has 1 heterocycles. The molecule has 1 saturated carbocycles. The van der Waals surface area contributed by atoms with Crippen LogP contribution < -0.4 is 5.32 Å². The average Bonchev–Trinajstić information content (AvgIpc) is 3.64. The number of carbonyl (C=O) groups is 1. The van der Waals surface area contributed by atoms with Crippen molar-refractivity contribution < 1.29 is 39.6 Å². The van der Waals surface area contributed by atoms with Crippen molar-refractivity contribution in [2.45, 2.75) is 61.9 Å². The van der Waals surface area contributed by atoms with Crippen LogP contribution >= 0.6 is 0 Å². The second kappa shape index (κ2) is 10.5. The van der Waals surface area contributed by atoms with Crippen molar-refractivity contribution in [1.82, 2.24) is 9.21 Å². The largest absolute Gasteiger partial charge is 0.416 e. The minimum atomic E-state index is -5.02. The number of piperidine rings is 1. The summed E-state index contributed by atoms with van der Waals surface area (Å²) in [4.78, 5) is 14.4. The van der Waals surface area contributed by atoms with Crippen molar-refractivity contribution in [2.75, 3.05) is 25.0 Å². The molecule has 4 rings (SSSR count). The van der Waals surface area contributed by atoms with E-state index in [0.717, 1.165) is 18.4 Å². The summed E-state index contributed by atoms with van der Waals surface area (Å²) in [6.07, 6.45) is -7.62. The molecular formula is C25H27F6N3O3S. The van der Waals surface area contributed by atoms with Crippen molar-refractivity contribution in [3.63, 3.8) is 0 Å². The molecule has 38 heavy (non-hydrogen) atoms. The average molecular weight is 564 g/mol. The van der Waals surface area contributed by atoms with Gasteiger partial charge in [0.2, 0.25) is 15.9 Å². The highest BCUT2D eigenvalue weighted by Crippen LogP contribution is 2.38. The first-order valence-electron chi connectivity index (χ1n) is 12.1. The standard InChI is InChI=1S/C25H27F6N3O3S/c1-16-3-2-4-22(11-16)38(36,37)34(20-5-6-20)21-7-9-33(10-8-21)15-23(35)32-19-13-17(24(26,27)28)12-18(14-19)25(29,30)31/h2-4,11-14,20-21H,5-10,15H2,1H3,(H,32,35). The SMILES string of the molecule is Cc1cccc(S(=O)(=O)N(C2CC2)C2CCN(CC(=O)Nc3cc(C(F)(F)F)cc(C(F)(F)F)c3)CC2)c1. The number of hydrogen-bond acceptors (Lipinski definition) is 4. The Morgan fingerprint density at radius 1 is 0.921 bits per heavy atom. The maximum absolute atomic E-state index is 13.4. The molecule has 0 radical (unpaired) electrons. The van der Waals surface area contributed by atoms with E-state index in [9.17, 15) is 39.6 Å². The first kappa shape index (κ1) is 28.4. The zero-order chi connectivity index (χ0) is 27.9. The molecular weight excluding hydrogens is 536 g/mol. The van der Waals surface area contributed by atoms with E-state index in [1.54, 1.807) is 27.4 Å². The highest BCUT2D eigenvalue weighted by Gasteiger charge is 2.43. The molecule has 2 fully saturated rings. The van der Waals surface area contributed by atoms with Gasteiger partial charge in [-0.3, -0.25) is 9.69 Å². The summed E-state index contributed by atoms with van der Waals surface area (Å²) in [5.41, 5.74) is -2.81. The summed E-state index contributed by atoms with van der Waals surface area (Å²) in [7, 11) is -3.72. The van der Waals surface area contributed by atoms with Gasteiger partial charge in [0.05, 0.1) is 22.6 Å². The number of carbonyl (C=O) groups excluding carboxylic acids is 1. The van der Waals surface area contributed by atoms with Crippen LogP contribution in [0.5, 0.6) is 0 Å². The van der Waals surface area contributed by atoms with Crippen LogP contribution in [-0.4, -0.2) is 55.2 Å². The van der Waals surface area contributed by atoms with Crippen LogP contribution in [0.15, 0.2) is 47.4 Å². The third-order valence-corrected chi connectivity index (χ3v) is 8.63. The second-order valence-corrected chi connectivity index (χ2v) is 11.6. The highest BCUT2D eigenvalue weighted by molar-refractivity contribution is 7.89. The minimum Gasteiger partial charge on any atom is -0.325 e. The van der Waals surface area contributed by atoms with Crippen LogP contribution in [0.4, 0.5) is 32.0 Å². The van der Waals surface area contributed by atoms with Crippen molar-refractivity contribution in [2.24, 2.45) is 0 Å². The summed E-state index contributed by atoms with van der Waals surface area (Å²) < 4.78 is 107. The normalized spacial score (nSPS) is 18.1. The number of aryl methyl sites for hydroxylation is 1. The lowest BCUT2D eigenvalue weighted by Crippen LogP contribution is -2.49. The lowest BCUT2D eigenvalue weighted by atomic mass is 10.0. The molecule has 1 aliphatic carbocycles. The zero-order valence-corrected chi connectivity index (χ0v) is 21.3. The lowest BCUT2D eigenvalue weighted by Gasteiger charge is -2.37. The molecule has 0 aromatic heterocycles. The predicted octanol–water partition coefficient (Wildman–Crippen LogP) is 5.29. The van der Waals surface area contributed by atoms with Crippen LogP contribution in [0.1, 0.15) is 42.4 Å². The van der Waals surface area contributed by atoms with E-state index in [4.69, 9.17) is 0 Å². The van der Waals surface area contributed by atoms with E-state index >= 15 is 0 Å². The number of rotatable bonds is 7. The molecule has 0 atom stereocenters. The van der Waals surface area contributed by atoms with Gasteiger partial charge in [-0.15, -0.1) is 0 Å². The fourth-order valence-corrected chi connectivity index (χ4v) is 6.72. The van der Waals surface area contributed by atoms with Crippen LogP contribution in [0.25, 0.3) is 0 Å². The summed E-state index contributed by atoms with van der Waals surface area (Å²) in [6, 6.07) is 7.26. The number of hydrogen-bond donors (Lipinski definition) is 1. The number of sulfonamides is 1. The van der Waals surface area contributed by atoms with Gasteiger partial charge in [-0.2, -0.15) is 30.6 Å². The second-order valence-electron chi connectivity index (χ2n) is 9.73. The van der Waals surface area contributed by atoms with E-state index < -0.39 is 45.1 Å². The van der Waals surface area contributed by atoms with Gasteiger partial charge in [0.25, 0.3) is 0 Å². The quantitative estimate of drug-likeness (QED) is 0.465. The van der Waals surface area contributed by atoms with Crippen molar-refractivity contribution in [1.29, 1.82) is 0 Å². The summed E-state index contributed by atoms with van der Waals surface area (Å²) in [6.45, 7) is 2.26. The molecule has 0 unspecified atom stereocenters. The third-order valence-electron chi connectivity index (χ3n) is 6.63. The Hall–Kier alpha value is -2.64. The van der Waals surface area contributed by atoms with Gasteiger partial charge < -0.3 is 5.32 Å². The molecule has 2 aromatic rings. The molecule has 6 nitrogen and oxygen atoms in total. The van der Waals surface area contributed by atoms with E-state index in [2.05, 4.69) is 5.32 Å². The molecule has 208 valence electrons. The molecule has 0 bridgehead atoms. The fraction of sp³-hybridized carbons (Fsp3) is 0.480. The number of halogens is 6. The van der Waals surface area contributed by atoms with Crippen molar-refractivity contribution in [3.05, 3.63) is 59.2 Å². The topological polar surface area (TPSA) is 69.7 Å². The summed E-state index contributed by atoms with van der Waals surface area (Å²) in [5.74, 6) is -0.762. The Bertz CT molecular complexity index is 1250. The molecule has 1 N–H and O–H groups in total. The van der Waals surface area contributed by atoms with Gasteiger partial charge >= 0.3 is 12.4 Å². The maximum atomic E-state index is 13.4. The predicted molar refractivity (Wildman–Crippen MR) is 128 cm³/mol. The van der Waals surface area contributed by atoms with Gasteiger partial charge in [-0.05, 0) is 68.5 Å². The monoisotopic (exact) mass is 563 g/mol. The van der Waals surface area contributed by atoms with Gasteiger partial charge in [-0.25, -0.2) is 8.42 Å². The van der Waals surface area contributed by atoms with Crippen LogP contribution in [0.3, 0.4) is 0 Å². The van der Waals surface area contributed by atoms with E-state index in [-0.39, 0.29) is 29.6 Å². The number of alkyl halides is 6. The Balaban J connectivity index is 1.40. The molecule has 2 aliphatic rings. The summed E-state index contributed by atoms with van der Waals surface area (Å²) in [5, 5.41) is 2.14. The Morgan fingerprint density at radius 3 is 1.97 bits per heavy atom. The van der Waals surface area contributed by atoms with Crippen molar-refractivity contribution in [3.8, 4) is 0 Å². The van der Waals surface area contributed by atoms with Crippen LogP contribution in [-0.2, 0) is 27.2 Å². The number of nitrogens with one attached hydrogen (secondary N) is 1. The first-order chi connectivity index (χ1) is 17.6. The van der Waals surface area contributed by atoms with Crippen molar-refractivity contribution >= 4 is 21.6 Å². The van der Waals surface area contributed by atoms with Crippen LogP contribution in [0, 0.1) is 6.92 Å². The molecule has 2 aromatic carbocycles. The molecule has 1 amide bonds. The van der Waals surface area contributed by atoms with Gasteiger partial charge in [0.1, 0.15) is 0 Å². The number of amides is 1. The van der Waals surface area contributed by atoms with Gasteiger partial charge in [-0.1, -0.05) is 12.1 Å². The van der Waals surface area contributed by atoms with Crippen LogP contribution in [0.2, 0.25) is 0 Å². The molecule has 0 spiro atoms. The molecule has 13 heteroatoms. The van der Waals surface area contributed by atoms with Gasteiger partial charge in [0.15, 0.2) is 0 Å². The molecule has 1 saturated heterocycles.